The SMILES string of the molecule is CCCC(C)(N)C(=O)Nc1cc(Cl)ccn1. The van der Waals surface area contributed by atoms with Crippen molar-refractivity contribution < 1.29 is 4.79 Å². The van der Waals surface area contributed by atoms with E-state index in [2.05, 4.69) is 10.3 Å². The Balaban J connectivity index is 2.71. The molecule has 0 aliphatic rings. The predicted octanol–water partition coefficient (Wildman–Crippen LogP) is 2.19. The van der Waals surface area contributed by atoms with Gasteiger partial charge in [0.15, 0.2) is 0 Å². The molecule has 0 radical (unpaired) electrons. The molecule has 0 aliphatic carbocycles. The van der Waals surface area contributed by atoms with Crippen LogP contribution in [-0.4, -0.2) is 16.4 Å². The molecule has 88 valence electrons. The molecular formula is C11H16ClN3O. The van der Waals surface area contributed by atoms with Crippen LogP contribution in [0.3, 0.4) is 0 Å². The molecular weight excluding hydrogens is 226 g/mol. The minimum absolute atomic E-state index is 0.246. The molecule has 1 heterocycles. The second kappa shape index (κ2) is 5.27. The van der Waals surface area contributed by atoms with Crippen molar-refractivity contribution in [1.29, 1.82) is 0 Å². The zero-order valence-electron chi connectivity index (χ0n) is 9.46. The average Bonchev–Trinajstić information content (AvgIpc) is 2.17. The highest BCUT2D eigenvalue weighted by Gasteiger charge is 2.27. The Morgan fingerprint density at radius 2 is 2.38 bits per heavy atom. The molecule has 1 amide bonds. The Kier molecular flexibility index (Phi) is 4.26. The Hall–Kier alpha value is -1.13. The van der Waals surface area contributed by atoms with E-state index in [9.17, 15) is 4.79 Å². The molecule has 0 saturated heterocycles. The summed E-state index contributed by atoms with van der Waals surface area (Å²) in [4.78, 5) is 15.8. The van der Waals surface area contributed by atoms with Crippen molar-refractivity contribution in [2.75, 3.05) is 5.32 Å². The third-order valence-electron chi connectivity index (χ3n) is 2.25. The lowest BCUT2D eigenvalue weighted by atomic mass is 9.96. The van der Waals surface area contributed by atoms with Crippen molar-refractivity contribution >= 4 is 23.3 Å². The van der Waals surface area contributed by atoms with Crippen molar-refractivity contribution in [3.8, 4) is 0 Å². The molecule has 0 bridgehead atoms. The number of carbonyl (C=O) groups excluding carboxylic acids is 1. The molecule has 1 unspecified atom stereocenters. The van der Waals surface area contributed by atoms with Gasteiger partial charge in [-0.2, -0.15) is 0 Å². The lowest BCUT2D eigenvalue weighted by Gasteiger charge is -2.22. The molecule has 1 atom stereocenters. The molecule has 1 aromatic heterocycles. The van der Waals surface area contributed by atoms with Crippen LogP contribution in [0.4, 0.5) is 5.82 Å². The van der Waals surface area contributed by atoms with Crippen LogP contribution < -0.4 is 11.1 Å². The summed E-state index contributed by atoms with van der Waals surface area (Å²) in [6.45, 7) is 3.69. The van der Waals surface area contributed by atoms with E-state index in [4.69, 9.17) is 17.3 Å². The van der Waals surface area contributed by atoms with Gasteiger partial charge in [-0.1, -0.05) is 24.9 Å². The second-order valence-corrected chi connectivity index (χ2v) is 4.42. The molecule has 16 heavy (non-hydrogen) atoms. The first-order chi connectivity index (χ1) is 7.45. The molecule has 5 heteroatoms. The third kappa shape index (κ3) is 3.47. The van der Waals surface area contributed by atoms with Crippen molar-refractivity contribution in [2.45, 2.75) is 32.2 Å². The number of amides is 1. The summed E-state index contributed by atoms with van der Waals surface area (Å²) >= 11 is 5.78. The fraction of sp³-hybridized carbons (Fsp3) is 0.455. The van der Waals surface area contributed by atoms with Gasteiger partial charge in [0, 0.05) is 11.2 Å². The zero-order chi connectivity index (χ0) is 12.2. The van der Waals surface area contributed by atoms with Crippen LogP contribution in [0, 0.1) is 0 Å². The molecule has 4 nitrogen and oxygen atoms in total. The Morgan fingerprint density at radius 3 is 2.94 bits per heavy atom. The minimum Gasteiger partial charge on any atom is -0.318 e. The quantitative estimate of drug-likeness (QED) is 0.849. The van der Waals surface area contributed by atoms with E-state index < -0.39 is 5.54 Å². The van der Waals surface area contributed by atoms with Crippen molar-refractivity contribution in [3.63, 3.8) is 0 Å². The molecule has 1 aromatic rings. The highest BCUT2D eigenvalue weighted by atomic mass is 35.5. The molecule has 0 saturated carbocycles. The van der Waals surface area contributed by atoms with E-state index in [-0.39, 0.29) is 5.91 Å². The Labute approximate surface area is 100 Å². The summed E-state index contributed by atoms with van der Waals surface area (Å²) in [6, 6.07) is 3.23. The topological polar surface area (TPSA) is 68.0 Å². The first-order valence-electron chi connectivity index (χ1n) is 5.17. The standard InChI is InChI=1S/C11H16ClN3O/c1-3-5-11(2,13)10(16)15-9-7-8(12)4-6-14-9/h4,6-7H,3,5,13H2,1-2H3,(H,14,15,16). The van der Waals surface area contributed by atoms with Crippen LogP contribution in [0.25, 0.3) is 0 Å². The summed E-state index contributed by atoms with van der Waals surface area (Å²) < 4.78 is 0. The highest BCUT2D eigenvalue weighted by molar-refractivity contribution is 6.30. The van der Waals surface area contributed by atoms with E-state index in [1.165, 1.54) is 6.20 Å². The number of carbonyl (C=O) groups is 1. The summed E-state index contributed by atoms with van der Waals surface area (Å²) in [6.07, 6.45) is 3.01. The maximum atomic E-state index is 11.8. The van der Waals surface area contributed by atoms with Crippen LogP contribution in [0.2, 0.25) is 5.02 Å². The summed E-state index contributed by atoms with van der Waals surface area (Å²) in [5, 5.41) is 3.18. The van der Waals surface area contributed by atoms with Crippen LogP contribution in [0.5, 0.6) is 0 Å². The number of anilines is 1. The lowest BCUT2D eigenvalue weighted by molar-refractivity contribution is -0.120. The number of halogens is 1. The predicted molar refractivity (Wildman–Crippen MR) is 65.4 cm³/mol. The van der Waals surface area contributed by atoms with Crippen molar-refractivity contribution in [2.24, 2.45) is 5.73 Å². The van der Waals surface area contributed by atoms with E-state index >= 15 is 0 Å². The lowest BCUT2D eigenvalue weighted by Crippen LogP contribution is -2.48. The zero-order valence-corrected chi connectivity index (χ0v) is 10.2. The van der Waals surface area contributed by atoms with Gasteiger partial charge in [0.05, 0.1) is 5.54 Å². The number of nitrogens with zero attached hydrogens (tertiary/aromatic N) is 1. The molecule has 0 fully saturated rings. The maximum absolute atomic E-state index is 11.8. The van der Waals surface area contributed by atoms with Crippen LogP contribution in [0.1, 0.15) is 26.7 Å². The van der Waals surface area contributed by atoms with Gasteiger partial charge in [-0.05, 0) is 25.5 Å². The summed E-state index contributed by atoms with van der Waals surface area (Å²) in [5.74, 6) is 0.175. The van der Waals surface area contributed by atoms with E-state index in [0.29, 0.717) is 17.3 Å². The Morgan fingerprint density at radius 1 is 1.69 bits per heavy atom. The molecule has 0 aromatic carbocycles. The average molecular weight is 242 g/mol. The second-order valence-electron chi connectivity index (χ2n) is 3.98. The van der Waals surface area contributed by atoms with Gasteiger partial charge < -0.3 is 11.1 Å². The minimum atomic E-state index is -0.876. The largest absolute Gasteiger partial charge is 0.318 e. The van der Waals surface area contributed by atoms with E-state index in [1.807, 2.05) is 6.92 Å². The van der Waals surface area contributed by atoms with Gasteiger partial charge in [-0.25, -0.2) is 4.98 Å². The number of rotatable bonds is 4. The normalized spacial score (nSPS) is 14.2. The summed E-state index contributed by atoms with van der Waals surface area (Å²) in [5.41, 5.74) is 5.01. The van der Waals surface area contributed by atoms with Crippen LogP contribution in [-0.2, 0) is 4.79 Å². The smallest absolute Gasteiger partial charge is 0.245 e. The van der Waals surface area contributed by atoms with Gasteiger partial charge in [-0.15, -0.1) is 0 Å². The monoisotopic (exact) mass is 241 g/mol. The molecule has 0 spiro atoms. The highest BCUT2D eigenvalue weighted by Crippen LogP contribution is 2.15. The third-order valence-corrected chi connectivity index (χ3v) is 2.49. The van der Waals surface area contributed by atoms with Crippen LogP contribution >= 0.6 is 11.6 Å². The van der Waals surface area contributed by atoms with E-state index in [0.717, 1.165) is 6.42 Å². The van der Waals surface area contributed by atoms with Gasteiger partial charge in [-0.3, -0.25) is 4.79 Å². The van der Waals surface area contributed by atoms with Crippen molar-refractivity contribution in [3.05, 3.63) is 23.4 Å². The Bertz CT molecular complexity index is 379. The maximum Gasteiger partial charge on any atom is 0.245 e. The molecule has 1 rings (SSSR count). The molecule has 0 aliphatic heterocycles. The number of hydrogen-bond acceptors (Lipinski definition) is 3. The van der Waals surface area contributed by atoms with Gasteiger partial charge in [0.25, 0.3) is 0 Å². The van der Waals surface area contributed by atoms with E-state index in [1.54, 1.807) is 19.1 Å². The summed E-state index contributed by atoms with van der Waals surface area (Å²) in [7, 11) is 0. The van der Waals surface area contributed by atoms with Gasteiger partial charge >= 0.3 is 0 Å². The fourth-order valence-corrected chi connectivity index (χ4v) is 1.52. The number of hydrogen-bond donors (Lipinski definition) is 2. The first kappa shape index (κ1) is 12.9. The van der Waals surface area contributed by atoms with Crippen molar-refractivity contribution in [1.82, 2.24) is 4.98 Å². The number of pyridine rings is 1. The van der Waals surface area contributed by atoms with Gasteiger partial charge in [0.1, 0.15) is 5.82 Å². The van der Waals surface area contributed by atoms with Gasteiger partial charge in [0.2, 0.25) is 5.91 Å². The number of aromatic nitrogens is 1. The molecule has 3 N–H and O–H groups in total. The number of nitrogens with one attached hydrogen (secondary N) is 1. The fourth-order valence-electron chi connectivity index (χ4n) is 1.37. The number of nitrogens with two attached hydrogens (primary N) is 1. The van der Waals surface area contributed by atoms with Crippen LogP contribution in [0.15, 0.2) is 18.3 Å². The first-order valence-corrected chi connectivity index (χ1v) is 5.55.